The van der Waals surface area contributed by atoms with Crippen LogP contribution in [0.5, 0.6) is 5.88 Å². The number of hydrogen-bond donors (Lipinski definition) is 2. The monoisotopic (exact) mass is 364 g/mol. The van der Waals surface area contributed by atoms with Crippen LogP contribution in [0.3, 0.4) is 0 Å². The second-order valence-electron chi connectivity index (χ2n) is 7.05. The van der Waals surface area contributed by atoms with E-state index in [9.17, 15) is 0 Å². The summed E-state index contributed by atoms with van der Waals surface area (Å²) in [4.78, 5) is 11.4. The summed E-state index contributed by atoms with van der Waals surface area (Å²) in [5, 5.41) is 6.95. The number of benzene rings is 1. The van der Waals surface area contributed by atoms with Gasteiger partial charge in [0.05, 0.1) is 12.7 Å². The molecule has 140 valence electrons. The third-order valence-corrected chi connectivity index (χ3v) is 5.19. The highest BCUT2D eigenvalue weighted by atomic mass is 16.5. The standard InChI is InChI=1S/C20H24N6O/c1-27-19-16(14-24-25-19)17-18(23-10-9-22-17)26-11-7-20(21,8-12-26)13-15-5-3-2-4-6-15/h2-6,9-10,14H,7-8,11-13,21H2,1H3,(H,24,25). The largest absolute Gasteiger partial charge is 0.479 e. The molecule has 0 unspecified atom stereocenters. The van der Waals surface area contributed by atoms with Crippen molar-refractivity contribution in [2.75, 3.05) is 25.1 Å². The zero-order valence-electron chi connectivity index (χ0n) is 15.4. The Labute approximate surface area is 158 Å². The Morgan fingerprint density at radius 1 is 1.15 bits per heavy atom. The molecule has 7 heteroatoms. The third kappa shape index (κ3) is 3.64. The van der Waals surface area contributed by atoms with E-state index in [-0.39, 0.29) is 5.54 Å². The lowest BCUT2D eigenvalue weighted by Gasteiger charge is -2.40. The first-order valence-electron chi connectivity index (χ1n) is 9.15. The lowest BCUT2D eigenvalue weighted by Crippen LogP contribution is -2.52. The number of ether oxygens (including phenoxy) is 1. The van der Waals surface area contributed by atoms with E-state index in [0.717, 1.165) is 49.4 Å². The summed E-state index contributed by atoms with van der Waals surface area (Å²) in [5.41, 5.74) is 9.40. The summed E-state index contributed by atoms with van der Waals surface area (Å²) in [5.74, 6) is 1.37. The quantitative estimate of drug-likeness (QED) is 0.722. The lowest BCUT2D eigenvalue weighted by atomic mass is 9.83. The van der Waals surface area contributed by atoms with E-state index in [1.165, 1.54) is 5.56 Å². The number of nitrogens with two attached hydrogens (primary N) is 1. The van der Waals surface area contributed by atoms with Crippen molar-refractivity contribution in [3.63, 3.8) is 0 Å². The van der Waals surface area contributed by atoms with E-state index < -0.39 is 0 Å². The van der Waals surface area contributed by atoms with Gasteiger partial charge in [-0.2, -0.15) is 0 Å². The smallest absolute Gasteiger partial charge is 0.241 e. The number of rotatable bonds is 5. The van der Waals surface area contributed by atoms with Crippen LogP contribution < -0.4 is 15.4 Å². The van der Waals surface area contributed by atoms with Crippen molar-refractivity contribution in [2.45, 2.75) is 24.8 Å². The molecule has 1 saturated heterocycles. The Kier molecular flexibility index (Phi) is 4.77. The first-order chi connectivity index (χ1) is 13.2. The summed E-state index contributed by atoms with van der Waals surface area (Å²) in [6.45, 7) is 1.68. The van der Waals surface area contributed by atoms with Crippen molar-refractivity contribution in [2.24, 2.45) is 5.73 Å². The Balaban J connectivity index is 1.52. The molecule has 0 atom stereocenters. The molecule has 1 aromatic carbocycles. The minimum absolute atomic E-state index is 0.187. The minimum Gasteiger partial charge on any atom is -0.479 e. The second-order valence-corrected chi connectivity index (χ2v) is 7.05. The molecule has 1 aliphatic rings. The molecule has 0 saturated carbocycles. The third-order valence-electron chi connectivity index (χ3n) is 5.19. The van der Waals surface area contributed by atoms with Gasteiger partial charge >= 0.3 is 0 Å². The summed E-state index contributed by atoms with van der Waals surface area (Å²) >= 11 is 0. The number of aromatic amines is 1. The first-order valence-corrected chi connectivity index (χ1v) is 9.15. The predicted molar refractivity (Wildman–Crippen MR) is 105 cm³/mol. The molecule has 27 heavy (non-hydrogen) atoms. The van der Waals surface area contributed by atoms with Crippen molar-refractivity contribution < 1.29 is 4.74 Å². The minimum atomic E-state index is -0.187. The summed E-state index contributed by atoms with van der Waals surface area (Å²) < 4.78 is 5.33. The molecule has 0 radical (unpaired) electrons. The van der Waals surface area contributed by atoms with Gasteiger partial charge in [0.15, 0.2) is 5.82 Å². The number of nitrogens with one attached hydrogen (secondary N) is 1. The van der Waals surface area contributed by atoms with Crippen molar-refractivity contribution >= 4 is 5.82 Å². The number of nitrogens with zero attached hydrogens (tertiary/aromatic N) is 4. The predicted octanol–water partition coefficient (Wildman–Crippen LogP) is 2.42. The number of hydrogen-bond acceptors (Lipinski definition) is 6. The number of methoxy groups -OCH3 is 1. The van der Waals surface area contributed by atoms with Crippen LogP contribution >= 0.6 is 0 Å². The Hall–Kier alpha value is -2.93. The first kappa shape index (κ1) is 17.5. The van der Waals surface area contributed by atoms with Gasteiger partial charge in [0.2, 0.25) is 5.88 Å². The number of piperidine rings is 1. The maximum absolute atomic E-state index is 6.71. The molecule has 0 bridgehead atoms. The maximum Gasteiger partial charge on any atom is 0.241 e. The average Bonchev–Trinajstić information content (AvgIpc) is 3.18. The fourth-order valence-electron chi connectivity index (χ4n) is 3.70. The van der Waals surface area contributed by atoms with Crippen LogP contribution in [0, 0.1) is 0 Å². The highest BCUT2D eigenvalue weighted by Crippen LogP contribution is 2.34. The van der Waals surface area contributed by atoms with Crippen LogP contribution in [0.15, 0.2) is 48.9 Å². The Bertz CT molecular complexity index is 886. The van der Waals surface area contributed by atoms with Gasteiger partial charge in [0, 0.05) is 37.2 Å². The van der Waals surface area contributed by atoms with E-state index >= 15 is 0 Å². The van der Waals surface area contributed by atoms with Crippen molar-refractivity contribution in [3.8, 4) is 17.1 Å². The molecule has 1 aliphatic heterocycles. The van der Waals surface area contributed by atoms with Crippen LogP contribution in [0.1, 0.15) is 18.4 Å². The van der Waals surface area contributed by atoms with Gasteiger partial charge < -0.3 is 15.4 Å². The summed E-state index contributed by atoms with van der Waals surface area (Å²) in [6.07, 6.45) is 7.90. The molecule has 7 nitrogen and oxygen atoms in total. The van der Waals surface area contributed by atoms with Crippen molar-refractivity contribution in [1.82, 2.24) is 20.2 Å². The van der Waals surface area contributed by atoms with Gasteiger partial charge in [-0.1, -0.05) is 30.3 Å². The molecule has 3 aromatic rings. The van der Waals surface area contributed by atoms with Crippen LogP contribution in [0.4, 0.5) is 5.82 Å². The van der Waals surface area contributed by atoms with Gasteiger partial charge in [0.25, 0.3) is 0 Å². The molecule has 0 aliphatic carbocycles. The molecule has 1 fully saturated rings. The zero-order valence-corrected chi connectivity index (χ0v) is 15.4. The van der Waals surface area contributed by atoms with Gasteiger partial charge in [-0.25, -0.2) is 4.98 Å². The van der Waals surface area contributed by atoms with Gasteiger partial charge in [0.1, 0.15) is 5.69 Å². The molecular weight excluding hydrogens is 340 g/mol. The number of H-pyrrole nitrogens is 1. The topological polar surface area (TPSA) is 92.9 Å². The summed E-state index contributed by atoms with van der Waals surface area (Å²) in [7, 11) is 1.60. The zero-order chi connectivity index (χ0) is 18.7. The normalized spacial score (nSPS) is 16.3. The van der Waals surface area contributed by atoms with E-state index in [2.05, 4.69) is 49.3 Å². The molecule has 4 rings (SSSR count). The van der Waals surface area contributed by atoms with Crippen LogP contribution in [0.25, 0.3) is 11.3 Å². The SMILES string of the molecule is COc1n[nH]cc1-c1nccnc1N1CCC(N)(Cc2ccccc2)CC1. The second kappa shape index (κ2) is 7.36. The fourth-order valence-corrected chi connectivity index (χ4v) is 3.70. The van der Waals surface area contributed by atoms with Gasteiger partial charge in [-0.05, 0) is 24.8 Å². The molecule has 3 N–H and O–H groups in total. The molecular formula is C20H24N6O. The van der Waals surface area contributed by atoms with E-state index in [1.807, 2.05) is 6.07 Å². The highest BCUT2D eigenvalue weighted by molar-refractivity contribution is 5.75. The maximum atomic E-state index is 6.71. The van der Waals surface area contributed by atoms with E-state index in [4.69, 9.17) is 10.5 Å². The van der Waals surface area contributed by atoms with Gasteiger partial charge in [-0.3, -0.25) is 10.1 Å². The molecule has 2 aromatic heterocycles. The summed E-state index contributed by atoms with van der Waals surface area (Å²) in [6, 6.07) is 10.5. The Morgan fingerprint density at radius 3 is 2.63 bits per heavy atom. The van der Waals surface area contributed by atoms with E-state index in [1.54, 1.807) is 25.7 Å². The van der Waals surface area contributed by atoms with Crippen LogP contribution in [0.2, 0.25) is 0 Å². The average molecular weight is 364 g/mol. The van der Waals surface area contributed by atoms with E-state index in [0.29, 0.717) is 5.88 Å². The van der Waals surface area contributed by atoms with Crippen molar-refractivity contribution in [3.05, 3.63) is 54.5 Å². The van der Waals surface area contributed by atoms with Crippen LogP contribution in [-0.2, 0) is 6.42 Å². The number of aromatic nitrogens is 4. The lowest BCUT2D eigenvalue weighted by molar-refractivity contribution is 0.330. The van der Waals surface area contributed by atoms with Gasteiger partial charge in [-0.15, -0.1) is 5.10 Å². The van der Waals surface area contributed by atoms with Crippen molar-refractivity contribution in [1.29, 1.82) is 0 Å². The highest BCUT2D eigenvalue weighted by Gasteiger charge is 2.32. The molecule has 0 spiro atoms. The fraction of sp³-hybridized carbons (Fsp3) is 0.350. The number of anilines is 1. The molecule has 3 heterocycles. The Morgan fingerprint density at radius 2 is 1.89 bits per heavy atom. The molecule has 0 amide bonds. The van der Waals surface area contributed by atoms with Crippen LogP contribution in [-0.4, -0.2) is 45.9 Å².